The lowest BCUT2D eigenvalue weighted by molar-refractivity contribution is -0.384. The van der Waals surface area contributed by atoms with Crippen molar-refractivity contribution in [3.63, 3.8) is 0 Å². The molecule has 8 nitrogen and oxygen atoms in total. The first-order valence-electron chi connectivity index (χ1n) is 8.45. The summed E-state index contributed by atoms with van der Waals surface area (Å²) in [6.07, 6.45) is 1.44. The molecule has 0 radical (unpaired) electrons. The van der Waals surface area contributed by atoms with Crippen LogP contribution in [-0.4, -0.2) is 31.5 Å². The Balaban J connectivity index is 1.80. The van der Waals surface area contributed by atoms with Gasteiger partial charge in [-0.1, -0.05) is 6.07 Å². The van der Waals surface area contributed by atoms with E-state index in [4.69, 9.17) is 0 Å². The third-order valence-electron chi connectivity index (χ3n) is 4.36. The van der Waals surface area contributed by atoms with Gasteiger partial charge >= 0.3 is 0 Å². The molecular formula is C18H19N3O5S. The topological polar surface area (TPSA) is 110 Å². The number of sulfonamides is 1. The Morgan fingerprint density at radius 1 is 1.15 bits per heavy atom. The van der Waals surface area contributed by atoms with Crippen LogP contribution in [0.4, 0.5) is 17.1 Å². The van der Waals surface area contributed by atoms with Gasteiger partial charge < -0.3 is 5.32 Å². The van der Waals surface area contributed by atoms with Crippen molar-refractivity contribution in [1.82, 2.24) is 0 Å². The molecule has 1 saturated heterocycles. The highest BCUT2D eigenvalue weighted by molar-refractivity contribution is 7.92. The maximum atomic E-state index is 12.4. The van der Waals surface area contributed by atoms with Crippen molar-refractivity contribution in [2.75, 3.05) is 21.9 Å². The van der Waals surface area contributed by atoms with E-state index in [1.165, 1.54) is 28.6 Å². The lowest BCUT2D eigenvalue weighted by Crippen LogP contribution is -2.37. The Morgan fingerprint density at radius 2 is 1.85 bits per heavy atom. The van der Waals surface area contributed by atoms with Gasteiger partial charge in [0.2, 0.25) is 10.0 Å². The van der Waals surface area contributed by atoms with E-state index in [2.05, 4.69) is 5.32 Å². The van der Waals surface area contributed by atoms with E-state index in [1.54, 1.807) is 25.1 Å². The number of nitrogens with zero attached hydrogens (tertiary/aromatic N) is 2. The Morgan fingerprint density at radius 3 is 2.48 bits per heavy atom. The Labute approximate surface area is 157 Å². The van der Waals surface area contributed by atoms with E-state index < -0.39 is 20.9 Å². The van der Waals surface area contributed by atoms with Crippen molar-refractivity contribution in [3.8, 4) is 0 Å². The van der Waals surface area contributed by atoms with Crippen LogP contribution in [0.25, 0.3) is 0 Å². The maximum Gasteiger partial charge on any atom is 0.293 e. The van der Waals surface area contributed by atoms with Gasteiger partial charge in [0.05, 0.1) is 16.4 Å². The minimum absolute atomic E-state index is 0.110. The number of anilines is 2. The van der Waals surface area contributed by atoms with E-state index >= 15 is 0 Å². The summed E-state index contributed by atoms with van der Waals surface area (Å²) < 4.78 is 25.7. The largest absolute Gasteiger partial charge is 0.316 e. The molecule has 1 N–H and O–H groups in total. The number of rotatable bonds is 4. The summed E-state index contributed by atoms with van der Waals surface area (Å²) in [5.74, 6) is -0.387. The molecule has 1 fully saturated rings. The van der Waals surface area contributed by atoms with Crippen LogP contribution in [0, 0.1) is 17.0 Å². The van der Waals surface area contributed by atoms with E-state index in [1.807, 2.05) is 0 Å². The predicted molar refractivity (Wildman–Crippen MR) is 103 cm³/mol. The lowest BCUT2D eigenvalue weighted by atomic mass is 10.1. The Hall–Kier alpha value is -2.94. The Kier molecular flexibility index (Phi) is 5.13. The fourth-order valence-electron chi connectivity index (χ4n) is 2.95. The molecule has 27 heavy (non-hydrogen) atoms. The monoisotopic (exact) mass is 389 g/mol. The molecule has 0 saturated carbocycles. The third-order valence-corrected chi connectivity index (χ3v) is 6.23. The molecule has 0 spiro atoms. The molecule has 0 atom stereocenters. The molecule has 3 rings (SSSR count). The van der Waals surface area contributed by atoms with Crippen LogP contribution in [0.1, 0.15) is 28.8 Å². The van der Waals surface area contributed by atoms with Crippen molar-refractivity contribution in [3.05, 3.63) is 63.7 Å². The number of hydrogen-bond acceptors (Lipinski definition) is 5. The molecule has 1 aliphatic rings. The second kappa shape index (κ2) is 7.36. The van der Waals surface area contributed by atoms with E-state index in [0.29, 0.717) is 24.2 Å². The molecule has 0 bridgehead atoms. The number of nitro groups is 1. The zero-order valence-electron chi connectivity index (χ0n) is 14.7. The number of carbonyl (C=O) groups is 1. The number of nitrogens with one attached hydrogen (secondary N) is 1. The minimum Gasteiger partial charge on any atom is -0.316 e. The fourth-order valence-corrected chi connectivity index (χ4v) is 4.59. The number of nitro benzene ring substituents is 1. The average molecular weight is 389 g/mol. The Bertz CT molecular complexity index is 987. The molecule has 9 heteroatoms. The first-order chi connectivity index (χ1) is 12.8. The highest BCUT2D eigenvalue weighted by atomic mass is 32.2. The standard InChI is InChI=1S/C18H19N3O5S/c1-13-4-9-16(17(12-13)21(23)24)19-18(22)14-5-7-15(8-6-14)20-10-2-3-11-27(20,25)26/h4-9,12H,2-3,10-11H2,1H3,(H,19,22). The first-order valence-corrected chi connectivity index (χ1v) is 10.1. The van der Waals surface area contributed by atoms with Gasteiger partial charge in [0.25, 0.3) is 11.6 Å². The highest BCUT2D eigenvalue weighted by Gasteiger charge is 2.26. The number of aryl methyl sites for hydroxylation is 1. The number of amides is 1. The van der Waals surface area contributed by atoms with Gasteiger partial charge in [0.15, 0.2) is 0 Å². The van der Waals surface area contributed by atoms with Crippen molar-refractivity contribution in [2.45, 2.75) is 19.8 Å². The van der Waals surface area contributed by atoms with Crippen LogP contribution in [-0.2, 0) is 10.0 Å². The summed E-state index contributed by atoms with van der Waals surface area (Å²) in [5, 5.41) is 13.7. The zero-order chi connectivity index (χ0) is 19.6. The molecular weight excluding hydrogens is 370 g/mol. The van der Waals surface area contributed by atoms with Gasteiger partial charge in [-0.3, -0.25) is 19.2 Å². The summed E-state index contributed by atoms with van der Waals surface area (Å²) in [6.45, 7) is 2.15. The van der Waals surface area contributed by atoms with Crippen molar-refractivity contribution in [1.29, 1.82) is 0 Å². The van der Waals surface area contributed by atoms with E-state index in [-0.39, 0.29) is 22.7 Å². The summed E-state index contributed by atoms with van der Waals surface area (Å²) in [6, 6.07) is 10.7. The van der Waals surface area contributed by atoms with Crippen LogP contribution in [0.15, 0.2) is 42.5 Å². The molecule has 1 amide bonds. The van der Waals surface area contributed by atoms with Gasteiger partial charge in [-0.25, -0.2) is 8.42 Å². The molecule has 1 heterocycles. The van der Waals surface area contributed by atoms with Gasteiger partial charge in [0.1, 0.15) is 5.69 Å². The van der Waals surface area contributed by atoms with E-state index in [9.17, 15) is 23.3 Å². The quantitative estimate of drug-likeness (QED) is 0.638. The second-order valence-electron chi connectivity index (χ2n) is 6.37. The van der Waals surface area contributed by atoms with Crippen LogP contribution < -0.4 is 9.62 Å². The summed E-state index contributed by atoms with van der Waals surface area (Å²) in [5.41, 5.74) is 1.43. The van der Waals surface area contributed by atoms with Gasteiger partial charge in [-0.05, 0) is 55.7 Å². The molecule has 2 aromatic rings. The van der Waals surface area contributed by atoms with Gasteiger partial charge in [0, 0.05) is 18.2 Å². The minimum atomic E-state index is -3.32. The molecule has 0 aromatic heterocycles. The normalized spacial score (nSPS) is 16.0. The summed E-state index contributed by atoms with van der Waals surface area (Å²) in [7, 11) is -3.32. The maximum absolute atomic E-state index is 12.4. The van der Waals surface area contributed by atoms with Gasteiger partial charge in [-0.2, -0.15) is 0 Å². The van der Waals surface area contributed by atoms with Crippen molar-refractivity contribution >= 4 is 33.0 Å². The van der Waals surface area contributed by atoms with Crippen LogP contribution >= 0.6 is 0 Å². The molecule has 1 aliphatic heterocycles. The van der Waals surface area contributed by atoms with Crippen LogP contribution in [0.3, 0.4) is 0 Å². The SMILES string of the molecule is Cc1ccc(NC(=O)c2ccc(N3CCCCS3(=O)=O)cc2)c([N+](=O)[O-])c1. The first kappa shape index (κ1) is 18.8. The molecule has 2 aromatic carbocycles. The number of benzene rings is 2. The second-order valence-corrected chi connectivity index (χ2v) is 8.39. The average Bonchev–Trinajstić information content (AvgIpc) is 2.63. The predicted octanol–water partition coefficient (Wildman–Crippen LogP) is 3.09. The van der Waals surface area contributed by atoms with Crippen molar-refractivity contribution < 1.29 is 18.1 Å². The number of hydrogen-bond donors (Lipinski definition) is 1. The zero-order valence-corrected chi connectivity index (χ0v) is 15.5. The third kappa shape index (κ3) is 4.08. The lowest BCUT2D eigenvalue weighted by Gasteiger charge is -2.28. The van der Waals surface area contributed by atoms with Crippen LogP contribution in [0.2, 0.25) is 0 Å². The smallest absolute Gasteiger partial charge is 0.293 e. The molecule has 0 unspecified atom stereocenters. The number of carbonyl (C=O) groups excluding carboxylic acids is 1. The van der Waals surface area contributed by atoms with Crippen molar-refractivity contribution in [2.24, 2.45) is 0 Å². The van der Waals surface area contributed by atoms with E-state index in [0.717, 1.165) is 6.42 Å². The summed E-state index contributed by atoms with van der Waals surface area (Å²) >= 11 is 0. The van der Waals surface area contributed by atoms with Gasteiger partial charge in [-0.15, -0.1) is 0 Å². The van der Waals surface area contributed by atoms with Crippen LogP contribution in [0.5, 0.6) is 0 Å². The molecule has 0 aliphatic carbocycles. The summed E-state index contributed by atoms with van der Waals surface area (Å²) in [4.78, 5) is 23.0. The molecule has 142 valence electrons. The fraction of sp³-hybridized carbons (Fsp3) is 0.278. The highest BCUT2D eigenvalue weighted by Crippen LogP contribution is 2.27.